The van der Waals surface area contributed by atoms with Crippen molar-refractivity contribution in [1.82, 2.24) is 15.2 Å². The van der Waals surface area contributed by atoms with E-state index in [2.05, 4.69) is 42.3 Å². The van der Waals surface area contributed by atoms with Crippen molar-refractivity contribution in [3.8, 4) is 0 Å². The molecular formula is C17H29N3O. The third kappa shape index (κ3) is 5.73. The van der Waals surface area contributed by atoms with Gasteiger partial charge in [-0.1, -0.05) is 13.0 Å². The highest BCUT2D eigenvalue weighted by Gasteiger charge is 2.20. The lowest BCUT2D eigenvalue weighted by Gasteiger charge is -2.27. The van der Waals surface area contributed by atoms with E-state index >= 15 is 0 Å². The number of rotatable bonds is 10. The second-order valence-electron chi connectivity index (χ2n) is 6.00. The predicted molar refractivity (Wildman–Crippen MR) is 86.1 cm³/mol. The molecule has 1 aromatic rings. The van der Waals surface area contributed by atoms with E-state index in [1.807, 2.05) is 0 Å². The van der Waals surface area contributed by atoms with Gasteiger partial charge in [-0.2, -0.15) is 0 Å². The minimum Gasteiger partial charge on any atom is -0.383 e. The molecule has 1 unspecified atom stereocenters. The van der Waals surface area contributed by atoms with Gasteiger partial charge in [-0.05, 0) is 38.3 Å². The lowest BCUT2D eigenvalue weighted by Crippen LogP contribution is -2.35. The number of aromatic nitrogens is 1. The summed E-state index contributed by atoms with van der Waals surface area (Å²) in [6.07, 6.45) is 3.78. The van der Waals surface area contributed by atoms with Gasteiger partial charge in [-0.3, -0.25) is 9.88 Å². The SMILES string of the molecule is CCC(C)N(CCOC)Cc1cccc(CNC2CC2)n1. The van der Waals surface area contributed by atoms with Crippen molar-refractivity contribution in [1.29, 1.82) is 0 Å². The van der Waals surface area contributed by atoms with Gasteiger partial charge in [0.2, 0.25) is 0 Å². The molecule has 0 aromatic carbocycles. The van der Waals surface area contributed by atoms with Crippen molar-refractivity contribution >= 4 is 0 Å². The van der Waals surface area contributed by atoms with Gasteiger partial charge in [-0.15, -0.1) is 0 Å². The molecule has 21 heavy (non-hydrogen) atoms. The molecule has 0 saturated heterocycles. The molecule has 1 aliphatic rings. The molecule has 1 N–H and O–H groups in total. The van der Waals surface area contributed by atoms with Gasteiger partial charge in [0.15, 0.2) is 0 Å². The number of hydrogen-bond acceptors (Lipinski definition) is 4. The average molecular weight is 291 g/mol. The molecule has 4 nitrogen and oxygen atoms in total. The zero-order chi connectivity index (χ0) is 15.1. The van der Waals surface area contributed by atoms with Gasteiger partial charge in [0, 0.05) is 38.8 Å². The topological polar surface area (TPSA) is 37.4 Å². The summed E-state index contributed by atoms with van der Waals surface area (Å²) < 4.78 is 5.23. The molecule has 0 radical (unpaired) electrons. The lowest BCUT2D eigenvalue weighted by molar-refractivity contribution is 0.117. The predicted octanol–water partition coefficient (Wildman–Crippen LogP) is 2.58. The maximum Gasteiger partial charge on any atom is 0.0589 e. The van der Waals surface area contributed by atoms with Crippen molar-refractivity contribution in [2.45, 2.75) is 58.3 Å². The Hall–Kier alpha value is -0.970. The highest BCUT2D eigenvalue weighted by atomic mass is 16.5. The van der Waals surface area contributed by atoms with Gasteiger partial charge in [0.1, 0.15) is 0 Å². The third-order valence-electron chi connectivity index (χ3n) is 4.18. The lowest BCUT2D eigenvalue weighted by atomic mass is 10.2. The Morgan fingerprint density at radius 3 is 2.81 bits per heavy atom. The second kappa shape index (κ2) is 8.47. The van der Waals surface area contributed by atoms with Crippen LogP contribution in [-0.4, -0.2) is 42.2 Å². The van der Waals surface area contributed by atoms with E-state index < -0.39 is 0 Å². The van der Waals surface area contributed by atoms with Crippen molar-refractivity contribution in [3.63, 3.8) is 0 Å². The zero-order valence-electron chi connectivity index (χ0n) is 13.6. The molecule has 0 bridgehead atoms. The molecule has 0 aliphatic heterocycles. The van der Waals surface area contributed by atoms with E-state index in [4.69, 9.17) is 9.72 Å². The van der Waals surface area contributed by atoms with Gasteiger partial charge in [0.25, 0.3) is 0 Å². The van der Waals surface area contributed by atoms with E-state index in [-0.39, 0.29) is 0 Å². The number of nitrogens with one attached hydrogen (secondary N) is 1. The first-order valence-electron chi connectivity index (χ1n) is 8.14. The van der Waals surface area contributed by atoms with Crippen LogP contribution in [-0.2, 0) is 17.8 Å². The molecule has 0 spiro atoms. The standard InChI is InChI=1S/C17H29N3O/c1-4-14(2)20(10-11-21-3)13-17-7-5-6-16(19-17)12-18-15-8-9-15/h5-7,14-15,18H,4,8-13H2,1-3H3. The van der Waals surface area contributed by atoms with Gasteiger partial charge in [-0.25, -0.2) is 0 Å². The number of hydrogen-bond donors (Lipinski definition) is 1. The first-order valence-corrected chi connectivity index (χ1v) is 8.14. The van der Waals surface area contributed by atoms with Crippen LogP contribution < -0.4 is 5.32 Å². The smallest absolute Gasteiger partial charge is 0.0589 e. The normalized spacial score (nSPS) is 16.4. The molecule has 1 atom stereocenters. The Bertz CT molecular complexity index is 420. The van der Waals surface area contributed by atoms with Gasteiger partial charge >= 0.3 is 0 Å². The van der Waals surface area contributed by atoms with Crippen LogP contribution >= 0.6 is 0 Å². The highest BCUT2D eigenvalue weighted by molar-refractivity contribution is 5.11. The van der Waals surface area contributed by atoms with Crippen LogP contribution in [0.25, 0.3) is 0 Å². The third-order valence-corrected chi connectivity index (χ3v) is 4.18. The number of ether oxygens (including phenoxy) is 1. The molecule has 1 aromatic heterocycles. The first-order chi connectivity index (χ1) is 10.2. The summed E-state index contributed by atoms with van der Waals surface area (Å²) in [4.78, 5) is 7.24. The average Bonchev–Trinajstić information content (AvgIpc) is 3.33. The second-order valence-corrected chi connectivity index (χ2v) is 6.00. The number of methoxy groups -OCH3 is 1. The zero-order valence-corrected chi connectivity index (χ0v) is 13.6. The molecule has 1 saturated carbocycles. The van der Waals surface area contributed by atoms with E-state index in [1.54, 1.807) is 7.11 Å². The summed E-state index contributed by atoms with van der Waals surface area (Å²) >= 11 is 0. The Balaban J connectivity index is 1.92. The Kier molecular flexibility index (Phi) is 6.61. The minimum absolute atomic E-state index is 0.551. The monoisotopic (exact) mass is 291 g/mol. The fraction of sp³-hybridized carbons (Fsp3) is 0.706. The number of pyridine rings is 1. The first kappa shape index (κ1) is 16.4. The van der Waals surface area contributed by atoms with Crippen LogP contribution in [0, 0.1) is 0 Å². The van der Waals surface area contributed by atoms with Crippen molar-refractivity contribution in [3.05, 3.63) is 29.6 Å². The molecule has 1 heterocycles. The molecule has 4 heteroatoms. The summed E-state index contributed by atoms with van der Waals surface area (Å²) in [7, 11) is 1.76. The number of nitrogens with zero attached hydrogens (tertiary/aromatic N) is 2. The Labute approximate surface area is 128 Å². The highest BCUT2D eigenvalue weighted by Crippen LogP contribution is 2.19. The van der Waals surface area contributed by atoms with Crippen molar-refractivity contribution in [2.24, 2.45) is 0 Å². The van der Waals surface area contributed by atoms with Crippen LogP contribution in [0.15, 0.2) is 18.2 Å². The Morgan fingerprint density at radius 1 is 1.38 bits per heavy atom. The molecule has 1 fully saturated rings. The summed E-state index contributed by atoms with van der Waals surface area (Å²) in [6, 6.07) is 7.64. The van der Waals surface area contributed by atoms with Crippen molar-refractivity contribution in [2.75, 3.05) is 20.3 Å². The summed E-state index contributed by atoms with van der Waals surface area (Å²) in [6.45, 7) is 8.02. The molecule has 118 valence electrons. The quantitative estimate of drug-likeness (QED) is 0.719. The maximum atomic E-state index is 5.23. The van der Waals surface area contributed by atoms with E-state index in [0.717, 1.165) is 50.1 Å². The van der Waals surface area contributed by atoms with Crippen LogP contribution in [0.3, 0.4) is 0 Å². The summed E-state index contributed by atoms with van der Waals surface area (Å²) in [5, 5.41) is 3.53. The minimum atomic E-state index is 0.551. The van der Waals surface area contributed by atoms with Crippen LogP contribution in [0.4, 0.5) is 0 Å². The fourth-order valence-corrected chi connectivity index (χ4v) is 2.38. The van der Waals surface area contributed by atoms with E-state index in [1.165, 1.54) is 12.8 Å². The maximum absolute atomic E-state index is 5.23. The van der Waals surface area contributed by atoms with Crippen molar-refractivity contribution < 1.29 is 4.74 Å². The van der Waals surface area contributed by atoms with Crippen LogP contribution in [0.1, 0.15) is 44.5 Å². The van der Waals surface area contributed by atoms with E-state index in [9.17, 15) is 0 Å². The summed E-state index contributed by atoms with van der Waals surface area (Å²) in [5.41, 5.74) is 2.30. The Morgan fingerprint density at radius 2 is 2.14 bits per heavy atom. The molecule has 0 amide bonds. The fourth-order valence-electron chi connectivity index (χ4n) is 2.38. The van der Waals surface area contributed by atoms with E-state index in [0.29, 0.717) is 6.04 Å². The summed E-state index contributed by atoms with van der Waals surface area (Å²) in [5.74, 6) is 0. The molecule has 1 aliphatic carbocycles. The van der Waals surface area contributed by atoms with Crippen LogP contribution in [0.5, 0.6) is 0 Å². The molecule has 2 rings (SSSR count). The van der Waals surface area contributed by atoms with Crippen LogP contribution in [0.2, 0.25) is 0 Å². The molecular weight excluding hydrogens is 262 g/mol. The van der Waals surface area contributed by atoms with Gasteiger partial charge in [0.05, 0.1) is 18.0 Å². The largest absolute Gasteiger partial charge is 0.383 e. The van der Waals surface area contributed by atoms with Gasteiger partial charge < -0.3 is 10.1 Å².